The fourth-order valence-electron chi connectivity index (χ4n) is 2.86. The summed E-state index contributed by atoms with van der Waals surface area (Å²) in [6.07, 6.45) is 3.41. The minimum absolute atomic E-state index is 0.149. The number of nitrogen functional groups attached to an aromatic ring is 1. The predicted octanol–water partition coefficient (Wildman–Crippen LogP) is 4.24. The van der Waals surface area contributed by atoms with Crippen molar-refractivity contribution in [3.05, 3.63) is 85.0 Å². The van der Waals surface area contributed by atoms with Gasteiger partial charge in [0.15, 0.2) is 0 Å². The lowest BCUT2D eigenvalue weighted by atomic mass is 10.1. The molecule has 0 bridgehead atoms. The van der Waals surface area contributed by atoms with Gasteiger partial charge in [0.05, 0.1) is 18.4 Å². The van der Waals surface area contributed by atoms with Gasteiger partial charge >= 0.3 is 0 Å². The number of nitrogens with zero attached hydrogens (tertiary/aromatic N) is 2. The van der Waals surface area contributed by atoms with Gasteiger partial charge in [0.2, 0.25) is 11.9 Å². The van der Waals surface area contributed by atoms with Gasteiger partial charge in [-0.25, -0.2) is 9.97 Å². The number of hydrogen-bond donors (Lipinski definition) is 3. The van der Waals surface area contributed by atoms with E-state index in [4.69, 9.17) is 10.2 Å². The van der Waals surface area contributed by atoms with E-state index in [1.54, 1.807) is 24.6 Å². The van der Waals surface area contributed by atoms with Crippen molar-refractivity contribution in [2.24, 2.45) is 0 Å². The average molecular weight is 385 g/mol. The van der Waals surface area contributed by atoms with E-state index in [9.17, 15) is 4.79 Å². The molecular weight excluding hydrogens is 366 g/mol. The molecular formula is C22H19N5O2. The van der Waals surface area contributed by atoms with Gasteiger partial charge in [-0.3, -0.25) is 4.79 Å². The number of anilines is 4. The van der Waals surface area contributed by atoms with E-state index in [0.29, 0.717) is 23.1 Å². The summed E-state index contributed by atoms with van der Waals surface area (Å²) in [6.45, 7) is 0. The Bertz CT molecular complexity index is 1130. The lowest BCUT2D eigenvalue weighted by Crippen LogP contribution is -2.13. The van der Waals surface area contributed by atoms with E-state index in [2.05, 4.69) is 20.6 Å². The number of nitrogens with one attached hydrogen (secondary N) is 2. The van der Waals surface area contributed by atoms with Gasteiger partial charge in [0.1, 0.15) is 5.76 Å². The summed E-state index contributed by atoms with van der Waals surface area (Å²) in [7, 11) is 0. The molecule has 0 aliphatic carbocycles. The van der Waals surface area contributed by atoms with E-state index in [0.717, 1.165) is 16.9 Å². The molecule has 0 spiro atoms. The molecule has 0 saturated heterocycles. The molecule has 0 unspecified atom stereocenters. The molecule has 0 atom stereocenters. The molecule has 1 amide bonds. The summed E-state index contributed by atoms with van der Waals surface area (Å²) in [5, 5.41) is 6.02. The molecule has 4 rings (SSSR count). The molecule has 7 nitrogen and oxygen atoms in total. The van der Waals surface area contributed by atoms with Crippen molar-refractivity contribution in [1.82, 2.24) is 9.97 Å². The summed E-state index contributed by atoms with van der Waals surface area (Å²) < 4.78 is 5.21. The van der Waals surface area contributed by atoms with Crippen LogP contribution in [0.15, 0.2) is 83.6 Å². The number of benzene rings is 2. The van der Waals surface area contributed by atoms with Gasteiger partial charge in [-0.1, -0.05) is 18.2 Å². The van der Waals surface area contributed by atoms with Crippen molar-refractivity contribution in [1.29, 1.82) is 0 Å². The monoisotopic (exact) mass is 385 g/mol. The zero-order valence-electron chi connectivity index (χ0n) is 15.5. The van der Waals surface area contributed by atoms with Crippen molar-refractivity contribution >= 4 is 28.9 Å². The lowest BCUT2D eigenvalue weighted by Gasteiger charge is -2.09. The van der Waals surface area contributed by atoms with Crippen molar-refractivity contribution in [3.8, 4) is 11.3 Å². The number of carbonyl (C=O) groups is 1. The summed E-state index contributed by atoms with van der Waals surface area (Å²) in [5.41, 5.74) is 9.55. The highest BCUT2D eigenvalue weighted by Gasteiger charge is 2.08. The van der Waals surface area contributed by atoms with Gasteiger partial charge in [-0.15, -0.1) is 0 Å². The molecule has 0 saturated carbocycles. The van der Waals surface area contributed by atoms with Crippen molar-refractivity contribution in [3.63, 3.8) is 0 Å². The molecule has 2 heterocycles. The highest BCUT2D eigenvalue weighted by Crippen LogP contribution is 2.23. The van der Waals surface area contributed by atoms with Gasteiger partial charge in [-0.2, -0.15) is 0 Å². The molecule has 29 heavy (non-hydrogen) atoms. The first-order valence-corrected chi connectivity index (χ1v) is 9.04. The van der Waals surface area contributed by atoms with Crippen LogP contribution >= 0.6 is 0 Å². The van der Waals surface area contributed by atoms with Crippen LogP contribution in [0.2, 0.25) is 0 Å². The Morgan fingerprint density at radius 3 is 2.69 bits per heavy atom. The van der Waals surface area contributed by atoms with E-state index >= 15 is 0 Å². The number of carbonyl (C=O) groups excluding carboxylic acids is 1. The van der Waals surface area contributed by atoms with Gasteiger partial charge in [-0.05, 0) is 48.5 Å². The summed E-state index contributed by atoms with van der Waals surface area (Å²) in [6, 6.07) is 20.2. The van der Waals surface area contributed by atoms with Crippen molar-refractivity contribution in [2.75, 3.05) is 16.4 Å². The van der Waals surface area contributed by atoms with Crippen LogP contribution in [0.3, 0.4) is 0 Å². The first-order chi connectivity index (χ1) is 14.2. The van der Waals surface area contributed by atoms with Gasteiger partial charge < -0.3 is 20.8 Å². The Morgan fingerprint density at radius 1 is 1.00 bits per heavy atom. The normalized spacial score (nSPS) is 10.5. The van der Waals surface area contributed by atoms with Crippen LogP contribution in [0.4, 0.5) is 23.0 Å². The van der Waals surface area contributed by atoms with Crippen LogP contribution in [-0.2, 0) is 11.2 Å². The number of amides is 1. The Kier molecular flexibility index (Phi) is 5.20. The third kappa shape index (κ3) is 4.78. The molecule has 2 aromatic carbocycles. The van der Waals surface area contributed by atoms with E-state index in [1.165, 1.54) is 0 Å². The minimum Gasteiger partial charge on any atom is -0.469 e. The number of furan rings is 1. The second-order valence-electron chi connectivity index (χ2n) is 6.40. The molecule has 4 aromatic rings. The highest BCUT2D eigenvalue weighted by molar-refractivity contribution is 5.92. The van der Waals surface area contributed by atoms with Crippen molar-refractivity contribution in [2.45, 2.75) is 6.42 Å². The molecule has 0 aliphatic heterocycles. The minimum atomic E-state index is -0.149. The molecule has 0 radical (unpaired) electrons. The van der Waals surface area contributed by atoms with Gasteiger partial charge in [0.25, 0.3) is 0 Å². The van der Waals surface area contributed by atoms with Crippen LogP contribution in [0.1, 0.15) is 5.76 Å². The molecule has 2 aromatic heterocycles. The fraction of sp³-hybridized carbons (Fsp3) is 0.0455. The standard InChI is InChI=1S/C22H19N5O2/c23-16-5-2-7-18(13-16)26-22-24-10-9-20(27-22)15-4-1-6-17(12-15)25-21(28)14-19-8-3-11-29-19/h1-13H,14,23H2,(H,25,28)(H,24,26,27). The number of nitrogens with two attached hydrogens (primary N) is 1. The SMILES string of the molecule is Nc1cccc(Nc2nccc(-c3cccc(NC(=O)Cc4ccco4)c3)n2)c1. The average Bonchev–Trinajstić information content (AvgIpc) is 3.21. The van der Waals surface area contributed by atoms with Crippen LogP contribution in [0.25, 0.3) is 11.3 Å². The quantitative estimate of drug-likeness (QED) is 0.429. The largest absolute Gasteiger partial charge is 0.469 e. The van der Waals surface area contributed by atoms with Crippen LogP contribution < -0.4 is 16.4 Å². The second kappa shape index (κ2) is 8.26. The number of rotatable bonds is 6. The Hall–Kier alpha value is -4.13. The topological polar surface area (TPSA) is 106 Å². The van der Waals surface area contributed by atoms with Crippen LogP contribution in [-0.4, -0.2) is 15.9 Å². The smallest absolute Gasteiger partial charge is 0.231 e. The zero-order valence-corrected chi connectivity index (χ0v) is 15.5. The lowest BCUT2D eigenvalue weighted by molar-refractivity contribution is -0.115. The maximum absolute atomic E-state index is 12.2. The molecule has 0 fully saturated rings. The molecule has 7 heteroatoms. The Balaban J connectivity index is 1.49. The zero-order chi connectivity index (χ0) is 20.1. The maximum atomic E-state index is 12.2. The predicted molar refractivity (Wildman–Crippen MR) is 113 cm³/mol. The molecule has 4 N–H and O–H groups in total. The van der Waals surface area contributed by atoms with Crippen LogP contribution in [0.5, 0.6) is 0 Å². The number of aromatic nitrogens is 2. The third-order valence-electron chi connectivity index (χ3n) is 4.16. The first kappa shape index (κ1) is 18.2. The third-order valence-corrected chi connectivity index (χ3v) is 4.16. The first-order valence-electron chi connectivity index (χ1n) is 9.04. The van der Waals surface area contributed by atoms with Crippen LogP contribution in [0, 0.1) is 0 Å². The Labute approximate surface area is 167 Å². The van der Waals surface area contributed by atoms with E-state index in [-0.39, 0.29) is 12.3 Å². The number of hydrogen-bond acceptors (Lipinski definition) is 6. The maximum Gasteiger partial charge on any atom is 0.231 e. The highest BCUT2D eigenvalue weighted by atomic mass is 16.3. The fourth-order valence-corrected chi connectivity index (χ4v) is 2.86. The Morgan fingerprint density at radius 2 is 1.86 bits per heavy atom. The summed E-state index contributed by atoms with van der Waals surface area (Å²) >= 11 is 0. The van der Waals surface area contributed by atoms with E-state index < -0.39 is 0 Å². The molecule has 144 valence electrons. The molecule has 0 aliphatic rings. The second-order valence-corrected chi connectivity index (χ2v) is 6.40. The summed E-state index contributed by atoms with van der Waals surface area (Å²) in [4.78, 5) is 21.0. The van der Waals surface area contributed by atoms with E-state index in [1.807, 2.05) is 54.6 Å². The van der Waals surface area contributed by atoms with Crippen molar-refractivity contribution < 1.29 is 9.21 Å². The van der Waals surface area contributed by atoms with Gasteiger partial charge in [0, 0.05) is 28.8 Å². The summed E-state index contributed by atoms with van der Waals surface area (Å²) in [5.74, 6) is 0.927.